The van der Waals surface area contributed by atoms with E-state index in [9.17, 15) is 14.0 Å². The molecular formula is C20H17ClFNO4. The number of benzene rings is 2. The van der Waals surface area contributed by atoms with Crippen molar-refractivity contribution in [2.24, 2.45) is 0 Å². The Morgan fingerprint density at radius 3 is 2.48 bits per heavy atom. The van der Waals surface area contributed by atoms with Crippen LogP contribution in [-0.4, -0.2) is 43.1 Å². The Balaban J connectivity index is 1.63. The van der Waals surface area contributed by atoms with Crippen LogP contribution in [0, 0.1) is 5.82 Å². The minimum Gasteiger partial charge on any atom is -0.410 e. The van der Waals surface area contributed by atoms with Gasteiger partial charge in [0, 0.05) is 24.2 Å². The molecule has 1 aliphatic rings. The van der Waals surface area contributed by atoms with Gasteiger partial charge in [0.2, 0.25) is 0 Å². The first kappa shape index (κ1) is 19.1. The summed E-state index contributed by atoms with van der Waals surface area (Å²) >= 11 is 5.93. The summed E-state index contributed by atoms with van der Waals surface area (Å²) in [5.41, 5.74) is 0.536. The third-order valence-electron chi connectivity index (χ3n) is 4.01. The molecule has 140 valence electrons. The fourth-order valence-corrected chi connectivity index (χ4v) is 2.75. The highest BCUT2D eigenvalue weighted by Gasteiger charge is 2.18. The number of ketones is 1. The molecule has 1 amide bonds. The highest BCUT2D eigenvalue weighted by molar-refractivity contribution is 6.32. The second-order valence-electron chi connectivity index (χ2n) is 5.82. The fraction of sp³-hybridized carbons (Fsp3) is 0.200. The van der Waals surface area contributed by atoms with Crippen LogP contribution in [0.15, 0.2) is 48.5 Å². The summed E-state index contributed by atoms with van der Waals surface area (Å²) in [6.45, 7) is 1.94. The maximum atomic E-state index is 13.7. The molecule has 2 aromatic rings. The lowest BCUT2D eigenvalue weighted by molar-refractivity contribution is 0.0416. The second-order valence-corrected chi connectivity index (χ2v) is 6.23. The van der Waals surface area contributed by atoms with Crippen molar-refractivity contribution < 1.29 is 23.5 Å². The van der Waals surface area contributed by atoms with Gasteiger partial charge in [-0.15, -0.1) is 0 Å². The van der Waals surface area contributed by atoms with Gasteiger partial charge in [0.25, 0.3) is 0 Å². The average Bonchev–Trinajstić information content (AvgIpc) is 2.68. The summed E-state index contributed by atoms with van der Waals surface area (Å²) in [6.07, 6.45) is 2.14. The highest BCUT2D eigenvalue weighted by atomic mass is 35.5. The second kappa shape index (κ2) is 8.79. The van der Waals surface area contributed by atoms with Gasteiger partial charge in [-0.05, 0) is 48.6 Å². The molecule has 0 radical (unpaired) electrons. The van der Waals surface area contributed by atoms with Crippen molar-refractivity contribution in [3.63, 3.8) is 0 Å². The molecule has 0 aliphatic carbocycles. The Morgan fingerprint density at radius 2 is 1.81 bits per heavy atom. The largest absolute Gasteiger partial charge is 0.415 e. The van der Waals surface area contributed by atoms with E-state index in [-0.39, 0.29) is 16.4 Å². The zero-order valence-corrected chi connectivity index (χ0v) is 15.1. The monoisotopic (exact) mass is 389 g/mol. The van der Waals surface area contributed by atoms with Crippen LogP contribution in [-0.2, 0) is 4.74 Å². The van der Waals surface area contributed by atoms with Crippen molar-refractivity contribution in [3.05, 3.63) is 70.5 Å². The molecule has 5 nitrogen and oxygen atoms in total. The molecule has 0 spiro atoms. The van der Waals surface area contributed by atoms with Gasteiger partial charge >= 0.3 is 6.09 Å². The lowest BCUT2D eigenvalue weighted by atomic mass is 10.1. The number of allylic oxidation sites excluding steroid dienone is 1. The molecule has 0 atom stereocenters. The van der Waals surface area contributed by atoms with Gasteiger partial charge in [0.05, 0.1) is 18.2 Å². The minimum atomic E-state index is -0.503. The Labute approximate surface area is 160 Å². The summed E-state index contributed by atoms with van der Waals surface area (Å²) < 4.78 is 24.2. The molecule has 0 saturated carbocycles. The van der Waals surface area contributed by atoms with Crippen LogP contribution in [0.25, 0.3) is 6.08 Å². The van der Waals surface area contributed by atoms with E-state index in [0.717, 1.165) is 0 Å². The Bertz CT molecular complexity index is 841. The van der Waals surface area contributed by atoms with Crippen molar-refractivity contribution in [2.75, 3.05) is 26.3 Å². The van der Waals surface area contributed by atoms with Gasteiger partial charge in [-0.25, -0.2) is 9.18 Å². The van der Waals surface area contributed by atoms with Crippen molar-refractivity contribution in [1.82, 2.24) is 4.90 Å². The van der Waals surface area contributed by atoms with Crippen LogP contribution in [0.3, 0.4) is 0 Å². The number of nitrogens with zero attached hydrogens (tertiary/aromatic N) is 1. The van der Waals surface area contributed by atoms with Crippen LogP contribution in [0.1, 0.15) is 15.9 Å². The summed E-state index contributed by atoms with van der Waals surface area (Å²) in [5.74, 6) is -0.485. The van der Waals surface area contributed by atoms with Gasteiger partial charge in [-0.1, -0.05) is 17.7 Å². The predicted molar refractivity (Wildman–Crippen MR) is 99.6 cm³/mol. The van der Waals surface area contributed by atoms with E-state index in [1.807, 2.05) is 0 Å². The fourth-order valence-electron chi connectivity index (χ4n) is 2.52. The number of halogens is 2. The number of amides is 1. The molecule has 0 unspecified atom stereocenters. The summed E-state index contributed by atoms with van der Waals surface area (Å²) in [5, 5.41) is 0.226. The van der Waals surface area contributed by atoms with Crippen LogP contribution < -0.4 is 4.74 Å². The van der Waals surface area contributed by atoms with Crippen LogP contribution in [0.5, 0.6) is 5.75 Å². The average molecular weight is 390 g/mol. The summed E-state index contributed by atoms with van der Waals surface area (Å²) in [4.78, 5) is 25.8. The lowest BCUT2D eigenvalue weighted by Crippen LogP contribution is -2.42. The van der Waals surface area contributed by atoms with E-state index < -0.39 is 11.9 Å². The number of carbonyl (C=O) groups excluding carboxylic acids is 2. The van der Waals surface area contributed by atoms with E-state index in [4.69, 9.17) is 21.1 Å². The number of hydrogen-bond acceptors (Lipinski definition) is 4. The van der Waals surface area contributed by atoms with Gasteiger partial charge in [0.15, 0.2) is 5.78 Å². The highest BCUT2D eigenvalue weighted by Crippen LogP contribution is 2.21. The molecule has 7 heteroatoms. The van der Waals surface area contributed by atoms with E-state index in [2.05, 4.69) is 0 Å². The van der Waals surface area contributed by atoms with Crippen molar-refractivity contribution in [1.29, 1.82) is 0 Å². The number of ether oxygens (including phenoxy) is 2. The third-order valence-corrected chi connectivity index (χ3v) is 4.34. The maximum absolute atomic E-state index is 13.7. The first-order valence-electron chi connectivity index (χ1n) is 8.35. The minimum absolute atomic E-state index is 0.156. The topological polar surface area (TPSA) is 55.8 Å². The molecular weight excluding hydrogens is 373 g/mol. The van der Waals surface area contributed by atoms with Crippen LogP contribution in [0.4, 0.5) is 9.18 Å². The molecule has 27 heavy (non-hydrogen) atoms. The molecule has 0 aromatic heterocycles. The first-order valence-corrected chi connectivity index (χ1v) is 8.73. The first-order chi connectivity index (χ1) is 13.0. The summed E-state index contributed by atoms with van der Waals surface area (Å²) in [7, 11) is 0. The van der Waals surface area contributed by atoms with Gasteiger partial charge in [-0.2, -0.15) is 0 Å². The van der Waals surface area contributed by atoms with E-state index in [1.165, 1.54) is 48.6 Å². The third kappa shape index (κ3) is 4.93. The molecule has 1 fully saturated rings. The number of rotatable bonds is 4. The zero-order chi connectivity index (χ0) is 19.2. The predicted octanol–water partition coefficient (Wildman–Crippen LogP) is 4.21. The molecule has 2 aromatic carbocycles. The van der Waals surface area contributed by atoms with Gasteiger partial charge in [-0.3, -0.25) is 4.79 Å². The smallest absolute Gasteiger partial charge is 0.410 e. The zero-order valence-electron chi connectivity index (χ0n) is 14.4. The van der Waals surface area contributed by atoms with Crippen molar-refractivity contribution in [3.8, 4) is 5.75 Å². The van der Waals surface area contributed by atoms with Gasteiger partial charge < -0.3 is 14.4 Å². The van der Waals surface area contributed by atoms with Crippen molar-refractivity contribution >= 4 is 29.6 Å². The van der Waals surface area contributed by atoms with Gasteiger partial charge in [0.1, 0.15) is 11.6 Å². The van der Waals surface area contributed by atoms with E-state index >= 15 is 0 Å². The standard InChI is InChI=1S/C20H17ClFNO4/c21-17-2-1-3-18(22)16(17)8-9-19(24)14-4-6-15(7-5-14)27-20(25)23-10-12-26-13-11-23/h1-9H,10-13H2/b9-8+. The normalized spacial score (nSPS) is 14.4. The lowest BCUT2D eigenvalue weighted by Gasteiger charge is -2.25. The molecule has 3 rings (SSSR count). The Hall–Kier alpha value is -2.70. The number of morpholine rings is 1. The molecule has 1 aliphatic heterocycles. The SMILES string of the molecule is O=C(/C=C/c1c(F)cccc1Cl)c1ccc(OC(=O)N2CCOCC2)cc1. The van der Waals surface area contributed by atoms with Crippen molar-refractivity contribution in [2.45, 2.75) is 0 Å². The molecule has 0 N–H and O–H groups in total. The van der Waals surface area contributed by atoms with Crippen LogP contribution in [0.2, 0.25) is 5.02 Å². The molecule has 1 saturated heterocycles. The van der Waals surface area contributed by atoms with E-state index in [0.29, 0.717) is 37.6 Å². The van der Waals surface area contributed by atoms with Crippen LogP contribution >= 0.6 is 11.6 Å². The quantitative estimate of drug-likeness (QED) is 0.580. The Morgan fingerprint density at radius 1 is 1.11 bits per heavy atom. The number of hydrogen-bond donors (Lipinski definition) is 0. The van der Waals surface area contributed by atoms with E-state index in [1.54, 1.807) is 11.0 Å². The number of carbonyl (C=O) groups is 2. The maximum Gasteiger partial charge on any atom is 0.415 e. The molecule has 1 heterocycles. The molecule has 0 bridgehead atoms. The summed E-state index contributed by atoms with van der Waals surface area (Å²) in [6, 6.07) is 10.5. The Kier molecular flexibility index (Phi) is 6.21.